The molecule has 0 aliphatic carbocycles. The Hall–Kier alpha value is -2.88. The minimum atomic E-state index is -0.793. The summed E-state index contributed by atoms with van der Waals surface area (Å²) < 4.78 is 0. The smallest absolute Gasteiger partial charge is 0.246 e. The van der Waals surface area contributed by atoms with Gasteiger partial charge < -0.3 is 16.0 Å². The van der Waals surface area contributed by atoms with Crippen molar-refractivity contribution in [1.29, 1.82) is 0 Å². The van der Waals surface area contributed by atoms with E-state index in [2.05, 4.69) is 36.7 Å². The molecule has 1 aromatic carbocycles. The summed E-state index contributed by atoms with van der Waals surface area (Å²) in [5.41, 5.74) is 1.82. The molecule has 2 rings (SSSR count). The average molecular weight is 507 g/mol. The Labute approximate surface area is 212 Å². The van der Waals surface area contributed by atoms with Crippen LogP contribution in [0.3, 0.4) is 0 Å². The molecule has 0 bridgehead atoms. The van der Waals surface area contributed by atoms with Gasteiger partial charge in [-0.25, -0.2) is 0 Å². The van der Waals surface area contributed by atoms with Crippen molar-refractivity contribution in [3.05, 3.63) is 29.8 Å². The minimum absolute atomic E-state index is 0.0158. The number of aryl methyl sites for hydroxylation is 1. The van der Waals surface area contributed by atoms with Crippen LogP contribution in [0.5, 0.6) is 0 Å². The normalized spacial score (nSPS) is 15.7. The summed E-state index contributed by atoms with van der Waals surface area (Å²) in [6.07, 6.45) is 5.07. The van der Waals surface area contributed by atoms with Gasteiger partial charge in [0.25, 0.3) is 0 Å². The van der Waals surface area contributed by atoms with Crippen LogP contribution in [0.4, 0.5) is 5.69 Å². The number of anilines is 1. The highest BCUT2D eigenvalue weighted by atomic mass is 32.2. The fraction of sp³-hybridized carbons (Fsp3) is 0.560. The van der Waals surface area contributed by atoms with Gasteiger partial charge in [0.05, 0.1) is 11.8 Å². The van der Waals surface area contributed by atoms with Gasteiger partial charge in [-0.05, 0) is 37.3 Å². The van der Waals surface area contributed by atoms with Crippen molar-refractivity contribution in [2.45, 2.75) is 71.1 Å². The molecule has 1 aromatic rings. The Morgan fingerprint density at radius 2 is 1.71 bits per heavy atom. The van der Waals surface area contributed by atoms with E-state index in [0.717, 1.165) is 17.7 Å². The van der Waals surface area contributed by atoms with Crippen LogP contribution in [0.2, 0.25) is 0 Å². The number of carbonyl (C=O) groups excluding carboxylic acids is 5. The number of nitrogens with zero attached hydrogens (tertiary/aromatic N) is 1. The van der Waals surface area contributed by atoms with E-state index in [1.807, 2.05) is 24.3 Å². The number of thioether (sulfide) groups is 1. The number of carbonyl (C=O) groups is 5. The summed E-state index contributed by atoms with van der Waals surface area (Å²) in [5, 5.41) is 7.31. The molecule has 2 atom stereocenters. The van der Waals surface area contributed by atoms with E-state index in [4.69, 9.17) is 0 Å². The van der Waals surface area contributed by atoms with Crippen LogP contribution in [0.1, 0.15) is 58.9 Å². The molecule has 35 heavy (non-hydrogen) atoms. The zero-order valence-electron chi connectivity index (χ0n) is 21.3. The predicted octanol–water partition coefficient (Wildman–Crippen LogP) is 2.50. The van der Waals surface area contributed by atoms with Gasteiger partial charge >= 0.3 is 0 Å². The predicted molar refractivity (Wildman–Crippen MR) is 139 cm³/mol. The summed E-state index contributed by atoms with van der Waals surface area (Å²) in [4.78, 5) is 61.3. The van der Waals surface area contributed by atoms with Gasteiger partial charge in [0.15, 0.2) is 0 Å². The number of benzene rings is 1. The molecule has 10 heteroatoms. The van der Waals surface area contributed by atoms with E-state index in [1.165, 1.54) is 23.7 Å². The zero-order valence-corrected chi connectivity index (χ0v) is 22.1. The van der Waals surface area contributed by atoms with Crippen molar-refractivity contribution in [3.63, 3.8) is 0 Å². The number of rotatable bonds is 11. The zero-order chi connectivity index (χ0) is 26.4. The van der Waals surface area contributed by atoms with Crippen LogP contribution >= 0.6 is 11.8 Å². The first-order chi connectivity index (χ1) is 16.7. The van der Waals surface area contributed by atoms with E-state index in [-0.39, 0.29) is 43.7 Å². The third-order valence-corrected chi connectivity index (χ3v) is 5.96. The molecule has 1 aliphatic rings. The molecule has 3 N–H and O–H groups in total. The fourth-order valence-corrected chi connectivity index (χ4v) is 3.84. The lowest BCUT2D eigenvalue weighted by Crippen LogP contribution is -2.46. The van der Waals surface area contributed by atoms with E-state index in [0.29, 0.717) is 5.69 Å². The third-order valence-electron chi connectivity index (χ3n) is 5.03. The Morgan fingerprint density at radius 1 is 1.09 bits per heavy atom. The summed E-state index contributed by atoms with van der Waals surface area (Å²) in [6.45, 7) is 7.57. The highest BCUT2D eigenvalue weighted by molar-refractivity contribution is 8.00. The molecule has 1 aliphatic heterocycles. The van der Waals surface area contributed by atoms with Crippen molar-refractivity contribution in [3.8, 4) is 0 Å². The second kappa shape index (κ2) is 15.9. The fourth-order valence-electron chi connectivity index (χ4n) is 3.20. The molecule has 5 amide bonds. The van der Waals surface area contributed by atoms with Crippen LogP contribution in [0, 0.1) is 0 Å². The third kappa shape index (κ3) is 10.5. The van der Waals surface area contributed by atoms with Crippen LogP contribution in [0.15, 0.2) is 24.3 Å². The molecule has 9 nitrogen and oxygen atoms in total. The summed E-state index contributed by atoms with van der Waals surface area (Å²) in [7, 11) is 0. The summed E-state index contributed by atoms with van der Waals surface area (Å²) in [6, 6.07) is 6.73. The first-order valence-electron chi connectivity index (χ1n) is 12.0. The lowest BCUT2D eigenvalue weighted by molar-refractivity contribution is -0.138. The molecule has 2 unspecified atom stereocenters. The van der Waals surface area contributed by atoms with Gasteiger partial charge in [0, 0.05) is 25.1 Å². The molecular formula is C25H38N4O5S. The monoisotopic (exact) mass is 506 g/mol. The minimum Gasteiger partial charge on any atom is -0.347 e. The molecule has 1 heterocycles. The van der Waals surface area contributed by atoms with E-state index < -0.39 is 23.1 Å². The number of imide groups is 1. The lowest BCUT2D eigenvalue weighted by atomic mass is 10.1. The second-order valence-corrected chi connectivity index (χ2v) is 9.31. The molecule has 0 spiro atoms. The average Bonchev–Trinajstić information content (AvgIpc) is 3.10. The first-order valence-corrected chi connectivity index (χ1v) is 13.3. The highest BCUT2D eigenvalue weighted by Gasteiger charge is 2.37. The second-order valence-electron chi connectivity index (χ2n) is 8.27. The van der Waals surface area contributed by atoms with Crippen molar-refractivity contribution in [2.75, 3.05) is 24.7 Å². The number of likely N-dealkylation sites (tertiary alicyclic amines) is 1. The first kappa shape index (κ1) is 30.2. The number of hydrogen-bond donors (Lipinski definition) is 3. The van der Waals surface area contributed by atoms with Gasteiger partial charge in [0.2, 0.25) is 29.5 Å². The summed E-state index contributed by atoms with van der Waals surface area (Å²) >= 11 is 1.31. The van der Waals surface area contributed by atoms with Gasteiger partial charge in [-0.1, -0.05) is 45.7 Å². The van der Waals surface area contributed by atoms with Gasteiger partial charge in [-0.3, -0.25) is 28.9 Å². The molecule has 0 aromatic heterocycles. The van der Waals surface area contributed by atoms with Crippen LogP contribution in [-0.4, -0.2) is 65.1 Å². The van der Waals surface area contributed by atoms with Crippen molar-refractivity contribution in [1.82, 2.24) is 15.5 Å². The molecule has 0 saturated carbocycles. The number of hydrogen-bond acceptors (Lipinski definition) is 6. The highest BCUT2D eigenvalue weighted by Crippen LogP contribution is 2.23. The van der Waals surface area contributed by atoms with E-state index >= 15 is 0 Å². The maximum atomic E-state index is 12.3. The van der Waals surface area contributed by atoms with Gasteiger partial charge in [0.1, 0.15) is 6.04 Å². The Bertz CT molecular complexity index is 875. The molecule has 1 saturated heterocycles. The van der Waals surface area contributed by atoms with Crippen molar-refractivity contribution in [2.24, 2.45) is 0 Å². The number of amides is 5. The van der Waals surface area contributed by atoms with Crippen molar-refractivity contribution >= 4 is 47.0 Å². The molecule has 1 fully saturated rings. The number of nitrogens with one attached hydrogen (secondary N) is 3. The molecule has 0 radical (unpaired) electrons. The molecule has 194 valence electrons. The quantitative estimate of drug-likeness (QED) is 0.396. The van der Waals surface area contributed by atoms with Gasteiger partial charge in [-0.15, -0.1) is 0 Å². The standard InChI is InChI=1S/C22H30N4O5S.C3H8/c1-4-5-15-6-8-16(9-7-15)25-21(30)14(2)24-19(28)13-23-18(27)10-11-26-20(29)12-17(32-3)22(26)31;1-3-2/h6-9,14,17H,4-5,10-13H2,1-3H3,(H,23,27)(H,24,28)(H,25,30);3H2,1-2H3. The topological polar surface area (TPSA) is 125 Å². The van der Waals surface area contributed by atoms with Crippen molar-refractivity contribution < 1.29 is 24.0 Å². The van der Waals surface area contributed by atoms with Crippen LogP contribution in [0.25, 0.3) is 0 Å². The SMILES string of the molecule is CCC.CCCc1ccc(NC(=O)C(C)NC(=O)CNC(=O)CCN2C(=O)CC(SC)C2=O)cc1. The maximum Gasteiger partial charge on any atom is 0.246 e. The van der Waals surface area contributed by atoms with E-state index in [1.54, 1.807) is 13.2 Å². The maximum absolute atomic E-state index is 12.3. The molecular weight excluding hydrogens is 468 g/mol. The largest absolute Gasteiger partial charge is 0.347 e. The summed E-state index contributed by atoms with van der Waals surface area (Å²) in [5.74, 6) is -1.93. The lowest BCUT2D eigenvalue weighted by Gasteiger charge is -2.16. The van der Waals surface area contributed by atoms with Crippen LogP contribution < -0.4 is 16.0 Å². The van der Waals surface area contributed by atoms with E-state index in [9.17, 15) is 24.0 Å². The Balaban J connectivity index is 0.00000194. The Morgan fingerprint density at radius 3 is 2.26 bits per heavy atom. The van der Waals surface area contributed by atoms with Gasteiger partial charge in [-0.2, -0.15) is 11.8 Å². The Kier molecular flexibility index (Phi) is 13.7. The van der Waals surface area contributed by atoms with Crippen LogP contribution in [-0.2, 0) is 30.4 Å².